The number of benzene rings is 1. The lowest BCUT2D eigenvalue weighted by atomic mass is 9.83. The van der Waals surface area contributed by atoms with Crippen LogP contribution in [0.5, 0.6) is 0 Å². The minimum absolute atomic E-state index is 0.00245. The lowest BCUT2D eigenvalue weighted by Crippen LogP contribution is -2.56. The van der Waals surface area contributed by atoms with Gasteiger partial charge in [0.05, 0.1) is 12.0 Å². The van der Waals surface area contributed by atoms with Crippen LogP contribution in [0.25, 0.3) is 0 Å². The van der Waals surface area contributed by atoms with Gasteiger partial charge in [-0.1, -0.05) is 83.0 Å². The zero-order valence-corrected chi connectivity index (χ0v) is 33.7. The Bertz CT molecular complexity index is 1590. The van der Waals surface area contributed by atoms with Crippen LogP contribution >= 0.6 is 0 Å². The van der Waals surface area contributed by atoms with E-state index in [2.05, 4.69) is 15.7 Å². The van der Waals surface area contributed by atoms with Crippen molar-refractivity contribution < 1.29 is 38.7 Å². The van der Waals surface area contributed by atoms with E-state index in [4.69, 9.17) is 11.3 Å². The molecule has 4 unspecified atom stereocenters. The monoisotopic (exact) mass is 778 g/mol. The molecule has 0 aromatic heterocycles. The predicted octanol–water partition coefficient (Wildman–Crippen LogP) is 5.70. The van der Waals surface area contributed by atoms with E-state index in [0.717, 1.165) is 24.8 Å². The number of hydrogen-bond acceptors (Lipinski definition) is 9. The summed E-state index contributed by atoms with van der Waals surface area (Å²) in [4.78, 5) is 96.0. The molecule has 0 bridgehead atoms. The summed E-state index contributed by atoms with van der Waals surface area (Å²) in [5.74, 6) is -2.17. The Morgan fingerprint density at radius 3 is 2.21 bits per heavy atom. The van der Waals surface area contributed by atoms with Crippen LogP contribution in [0.1, 0.15) is 117 Å². The van der Waals surface area contributed by atoms with Crippen LogP contribution in [0.4, 0.5) is 0 Å². The molecule has 1 aliphatic carbocycles. The number of carboxylic acids is 1. The SMILES string of the molecule is CCCC(CC(=O)C1[C@H]2CCCC2CN1C(=O)C(NC(=O)[C@H](CC(=O)CCCCC(=N)N=NN)C(C)C)C(C)C)C(=O)C(=O)C[C@@H](Cc1ccccc1)C(=O)O. The number of carbonyl (C=O) groups excluding carboxylic acids is 6. The van der Waals surface area contributed by atoms with Crippen LogP contribution in [0.3, 0.4) is 0 Å². The fourth-order valence-electron chi connectivity index (χ4n) is 8.35. The molecule has 1 saturated carbocycles. The molecule has 7 atom stereocenters. The first-order chi connectivity index (χ1) is 26.6. The number of amidine groups is 1. The van der Waals surface area contributed by atoms with Crippen LogP contribution in [0, 0.1) is 46.8 Å². The van der Waals surface area contributed by atoms with Crippen molar-refractivity contribution >= 4 is 46.8 Å². The van der Waals surface area contributed by atoms with E-state index in [9.17, 15) is 38.7 Å². The number of unbranched alkanes of at least 4 members (excludes halogenated alkanes) is 1. The summed E-state index contributed by atoms with van der Waals surface area (Å²) in [5.41, 5.74) is 0.736. The first-order valence-corrected chi connectivity index (χ1v) is 20.3. The van der Waals surface area contributed by atoms with Gasteiger partial charge in [-0.25, -0.2) is 0 Å². The third-order valence-corrected chi connectivity index (χ3v) is 11.5. The first-order valence-electron chi connectivity index (χ1n) is 20.3. The summed E-state index contributed by atoms with van der Waals surface area (Å²) in [5, 5.41) is 27.0. The molecular formula is C42H62N6O8. The summed E-state index contributed by atoms with van der Waals surface area (Å²) in [7, 11) is 0. The van der Waals surface area contributed by atoms with Crippen molar-refractivity contribution in [3.8, 4) is 0 Å². The molecule has 308 valence electrons. The molecule has 0 spiro atoms. The van der Waals surface area contributed by atoms with Gasteiger partial charge in [0.25, 0.3) is 0 Å². The van der Waals surface area contributed by atoms with Gasteiger partial charge < -0.3 is 21.2 Å². The van der Waals surface area contributed by atoms with Crippen LogP contribution in [-0.2, 0) is 40.0 Å². The highest BCUT2D eigenvalue weighted by Gasteiger charge is 2.51. The average Bonchev–Trinajstić information content (AvgIpc) is 3.75. The molecule has 1 saturated heterocycles. The standard InChI is InChI=1S/C42H62N6O8/c1-6-13-28(39(52)35(51)22-30(42(55)56)20-27-14-8-7-9-15-27)21-34(50)38-32-18-12-16-29(32)24-48(38)41(54)37(26(4)5)45-40(53)33(25(2)3)23-31(49)17-10-11-19-36(43)46-47-44/h7-9,14-15,25-26,28-30,32-33,37-38H,6,10-13,16-24H2,1-5H3,(H,45,53)(H,55,56)(H3,43,44,46)/t28?,29?,30-,32+,33-,37?,38?/m1/s1. The number of aliphatic carboxylic acids is 1. The van der Waals surface area contributed by atoms with Gasteiger partial charge in [-0.05, 0) is 67.8 Å². The number of rotatable bonds is 24. The normalized spacial score (nSPS) is 20.1. The number of carbonyl (C=O) groups is 7. The van der Waals surface area contributed by atoms with Crippen molar-refractivity contribution in [3.63, 3.8) is 0 Å². The Morgan fingerprint density at radius 2 is 1.61 bits per heavy atom. The molecule has 1 heterocycles. The zero-order chi connectivity index (χ0) is 41.5. The van der Waals surface area contributed by atoms with E-state index in [-0.39, 0.29) is 79.1 Å². The summed E-state index contributed by atoms with van der Waals surface area (Å²) >= 11 is 0. The second-order valence-corrected chi connectivity index (χ2v) is 16.4. The largest absolute Gasteiger partial charge is 0.481 e. The van der Waals surface area contributed by atoms with Crippen LogP contribution in [0.15, 0.2) is 40.7 Å². The quantitative estimate of drug-likeness (QED) is 0.0192. The van der Waals surface area contributed by atoms with Crippen molar-refractivity contribution in [2.75, 3.05) is 6.54 Å². The number of ketones is 4. The molecule has 14 nitrogen and oxygen atoms in total. The first kappa shape index (κ1) is 45.8. The number of nitrogens with zero attached hydrogens (tertiary/aromatic N) is 3. The number of nitrogens with one attached hydrogen (secondary N) is 2. The Balaban J connectivity index is 1.73. The van der Waals surface area contributed by atoms with Gasteiger partial charge in [-0.3, -0.25) is 39.0 Å². The Kier molecular flexibility index (Phi) is 18.1. The molecule has 2 fully saturated rings. The third kappa shape index (κ3) is 13.0. The molecular weight excluding hydrogens is 716 g/mol. The van der Waals surface area contributed by atoms with E-state index in [1.807, 2.05) is 34.6 Å². The number of likely N-dealkylation sites (tertiary alicyclic amines) is 1. The van der Waals surface area contributed by atoms with E-state index in [1.54, 1.807) is 35.2 Å². The number of fused-ring (bicyclic) bond motifs is 1. The van der Waals surface area contributed by atoms with E-state index in [1.165, 1.54) is 0 Å². The minimum atomic E-state index is -1.18. The number of nitrogens with two attached hydrogens (primary N) is 1. The zero-order valence-electron chi connectivity index (χ0n) is 33.7. The van der Waals surface area contributed by atoms with Crippen LogP contribution in [-0.4, -0.2) is 75.4 Å². The van der Waals surface area contributed by atoms with Gasteiger partial charge in [-0.15, -0.1) is 5.11 Å². The van der Waals surface area contributed by atoms with Crippen molar-refractivity contribution in [2.24, 2.45) is 57.6 Å². The maximum Gasteiger partial charge on any atom is 0.307 e. The average molecular weight is 779 g/mol. The highest BCUT2D eigenvalue weighted by Crippen LogP contribution is 2.43. The third-order valence-electron chi connectivity index (χ3n) is 11.5. The summed E-state index contributed by atoms with van der Waals surface area (Å²) in [6, 6.07) is 7.13. The van der Waals surface area contributed by atoms with E-state index in [0.29, 0.717) is 32.2 Å². The van der Waals surface area contributed by atoms with Crippen LogP contribution in [0.2, 0.25) is 0 Å². The number of carboxylic acid groups (broad SMARTS) is 1. The van der Waals surface area contributed by atoms with Crippen molar-refractivity contribution in [3.05, 3.63) is 35.9 Å². The number of Topliss-reactive ketones (excluding diaryl/α,β-unsaturated/α-hetero) is 4. The van der Waals surface area contributed by atoms with E-state index < -0.39 is 59.7 Å². The molecule has 0 radical (unpaired) electrons. The molecule has 3 rings (SSSR count). The number of amides is 2. The van der Waals surface area contributed by atoms with Crippen LogP contribution < -0.4 is 11.2 Å². The maximum atomic E-state index is 14.4. The molecule has 56 heavy (non-hydrogen) atoms. The second kappa shape index (κ2) is 22.2. The van der Waals surface area contributed by atoms with E-state index >= 15 is 0 Å². The van der Waals surface area contributed by atoms with Crippen molar-refractivity contribution in [1.82, 2.24) is 10.2 Å². The fourth-order valence-corrected chi connectivity index (χ4v) is 8.35. The molecule has 1 aromatic rings. The second-order valence-electron chi connectivity index (χ2n) is 16.4. The Hall–Kier alpha value is -4.62. The summed E-state index contributed by atoms with van der Waals surface area (Å²) in [6.07, 6.45) is 4.31. The van der Waals surface area contributed by atoms with Crippen molar-refractivity contribution in [2.45, 2.75) is 130 Å². The van der Waals surface area contributed by atoms with Gasteiger partial charge in [0.2, 0.25) is 17.6 Å². The lowest BCUT2D eigenvalue weighted by Gasteiger charge is -2.33. The number of hydrogen-bond donors (Lipinski definition) is 4. The highest BCUT2D eigenvalue weighted by atomic mass is 16.4. The molecule has 2 amide bonds. The van der Waals surface area contributed by atoms with Gasteiger partial charge in [0.1, 0.15) is 17.7 Å². The molecule has 14 heteroatoms. The molecule has 5 N–H and O–H groups in total. The Labute approximate surface area is 330 Å². The summed E-state index contributed by atoms with van der Waals surface area (Å²) < 4.78 is 0. The topological polar surface area (TPSA) is 230 Å². The van der Waals surface area contributed by atoms with Crippen molar-refractivity contribution in [1.29, 1.82) is 5.41 Å². The predicted molar refractivity (Wildman–Crippen MR) is 210 cm³/mol. The maximum absolute atomic E-state index is 14.4. The van der Waals surface area contributed by atoms with Gasteiger partial charge in [0.15, 0.2) is 11.6 Å². The smallest absolute Gasteiger partial charge is 0.307 e. The Morgan fingerprint density at radius 1 is 0.929 bits per heavy atom. The minimum Gasteiger partial charge on any atom is -0.481 e. The molecule has 1 aliphatic heterocycles. The van der Waals surface area contributed by atoms with Gasteiger partial charge in [0, 0.05) is 50.5 Å². The fraction of sp³-hybridized carbons (Fsp3) is 0.667. The highest BCUT2D eigenvalue weighted by molar-refractivity contribution is 6.38. The van der Waals surface area contributed by atoms with Gasteiger partial charge in [-0.2, -0.15) is 0 Å². The van der Waals surface area contributed by atoms with Gasteiger partial charge >= 0.3 is 5.97 Å². The summed E-state index contributed by atoms with van der Waals surface area (Å²) in [6.45, 7) is 9.53. The molecule has 1 aromatic carbocycles. The molecule has 2 aliphatic rings. The lowest BCUT2D eigenvalue weighted by molar-refractivity contribution is -0.147.